The first-order valence-corrected chi connectivity index (χ1v) is 5.72. The van der Waals surface area contributed by atoms with Crippen LogP contribution in [0.3, 0.4) is 0 Å². The van der Waals surface area contributed by atoms with Crippen LogP contribution in [0.4, 0.5) is 10.5 Å². The molecule has 1 heterocycles. The summed E-state index contributed by atoms with van der Waals surface area (Å²) in [6, 6.07) is 12.3. The fourth-order valence-electron chi connectivity index (χ4n) is 1.58. The molecule has 0 aliphatic rings. The Hall–Kier alpha value is -2.40. The molecule has 20 heavy (non-hydrogen) atoms. The SMILES string of the molecule is C/C(=N\N(C(=O)O)c1ccccc1)c1ccncc1.Cl. The van der Waals surface area contributed by atoms with Crippen LogP contribution in [0, 0.1) is 0 Å². The van der Waals surface area contributed by atoms with Crippen molar-refractivity contribution in [3.05, 3.63) is 60.4 Å². The van der Waals surface area contributed by atoms with Crippen LogP contribution >= 0.6 is 12.4 Å². The van der Waals surface area contributed by atoms with Crippen molar-refractivity contribution in [2.24, 2.45) is 5.10 Å². The summed E-state index contributed by atoms with van der Waals surface area (Å²) in [5, 5.41) is 14.3. The van der Waals surface area contributed by atoms with Gasteiger partial charge in [-0.2, -0.15) is 10.1 Å². The van der Waals surface area contributed by atoms with Crippen LogP contribution < -0.4 is 5.01 Å². The molecule has 1 N–H and O–H groups in total. The van der Waals surface area contributed by atoms with E-state index in [0.29, 0.717) is 11.4 Å². The highest BCUT2D eigenvalue weighted by Gasteiger charge is 2.13. The van der Waals surface area contributed by atoms with Gasteiger partial charge in [0.25, 0.3) is 0 Å². The number of benzene rings is 1. The van der Waals surface area contributed by atoms with E-state index in [2.05, 4.69) is 10.1 Å². The summed E-state index contributed by atoms with van der Waals surface area (Å²) < 4.78 is 0. The van der Waals surface area contributed by atoms with Gasteiger partial charge in [0.1, 0.15) is 0 Å². The third-order valence-electron chi connectivity index (χ3n) is 2.53. The van der Waals surface area contributed by atoms with Crippen molar-refractivity contribution in [1.29, 1.82) is 0 Å². The number of aromatic nitrogens is 1. The Morgan fingerprint density at radius 3 is 2.30 bits per heavy atom. The molecule has 0 fully saturated rings. The van der Waals surface area contributed by atoms with Crippen LogP contribution in [-0.4, -0.2) is 21.9 Å². The summed E-state index contributed by atoms with van der Waals surface area (Å²) >= 11 is 0. The van der Waals surface area contributed by atoms with Gasteiger partial charge in [-0.05, 0) is 31.2 Å². The van der Waals surface area contributed by atoms with Crippen LogP contribution in [0.15, 0.2) is 60.0 Å². The van der Waals surface area contributed by atoms with E-state index in [9.17, 15) is 9.90 Å². The molecule has 1 amide bonds. The molecule has 0 unspecified atom stereocenters. The van der Waals surface area contributed by atoms with E-state index in [-0.39, 0.29) is 12.4 Å². The molecule has 0 saturated carbocycles. The Labute approximate surface area is 123 Å². The lowest BCUT2D eigenvalue weighted by atomic mass is 10.2. The zero-order chi connectivity index (χ0) is 13.7. The molecule has 0 radical (unpaired) electrons. The normalized spacial score (nSPS) is 10.6. The summed E-state index contributed by atoms with van der Waals surface area (Å²) in [5.74, 6) is 0. The van der Waals surface area contributed by atoms with E-state index < -0.39 is 6.09 Å². The number of hydrogen-bond acceptors (Lipinski definition) is 3. The van der Waals surface area contributed by atoms with Crippen molar-refractivity contribution in [3.8, 4) is 0 Å². The van der Waals surface area contributed by atoms with Crippen LogP contribution in [0.25, 0.3) is 0 Å². The number of carbonyl (C=O) groups is 1. The molecule has 1 aromatic carbocycles. The van der Waals surface area contributed by atoms with Crippen LogP contribution in [0.2, 0.25) is 0 Å². The van der Waals surface area contributed by atoms with E-state index in [4.69, 9.17) is 0 Å². The number of rotatable bonds is 3. The fourth-order valence-corrected chi connectivity index (χ4v) is 1.58. The monoisotopic (exact) mass is 291 g/mol. The quantitative estimate of drug-likeness (QED) is 0.696. The highest BCUT2D eigenvalue weighted by atomic mass is 35.5. The Balaban J connectivity index is 0.00000200. The molecule has 0 aliphatic carbocycles. The number of carboxylic acid groups (broad SMARTS) is 1. The summed E-state index contributed by atoms with van der Waals surface area (Å²) in [5.41, 5.74) is 1.94. The van der Waals surface area contributed by atoms with Gasteiger partial charge in [0.05, 0.1) is 11.4 Å². The molecule has 0 atom stereocenters. The third-order valence-corrected chi connectivity index (χ3v) is 2.53. The Bertz CT molecular complexity index is 588. The summed E-state index contributed by atoms with van der Waals surface area (Å²) in [6.45, 7) is 1.76. The minimum Gasteiger partial charge on any atom is -0.463 e. The number of nitrogens with zero attached hydrogens (tertiary/aromatic N) is 3. The maximum Gasteiger partial charge on any atom is 0.432 e. The van der Waals surface area contributed by atoms with Gasteiger partial charge < -0.3 is 5.11 Å². The van der Waals surface area contributed by atoms with E-state index >= 15 is 0 Å². The van der Waals surface area contributed by atoms with Crippen molar-refractivity contribution in [2.45, 2.75) is 6.92 Å². The van der Waals surface area contributed by atoms with Gasteiger partial charge in [-0.3, -0.25) is 4.98 Å². The highest BCUT2D eigenvalue weighted by Crippen LogP contribution is 2.15. The molecule has 2 aromatic rings. The molecule has 6 heteroatoms. The number of pyridine rings is 1. The molecule has 1 aromatic heterocycles. The summed E-state index contributed by atoms with van der Waals surface area (Å²) in [4.78, 5) is 15.2. The van der Waals surface area contributed by atoms with Gasteiger partial charge in [-0.1, -0.05) is 18.2 Å². The summed E-state index contributed by atoms with van der Waals surface area (Å²) in [6.07, 6.45) is 2.16. The molecule has 5 nitrogen and oxygen atoms in total. The maximum absolute atomic E-state index is 11.3. The Morgan fingerprint density at radius 2 is 1.75 bits per heavy atom. The van der Waals surface area contributed by atoms with E-state index in [1.54, 1.807) is 55.7 Å². The van der Waals surface area contributed by atoms with Gasteiger partial charge in [-0.15, -0.1) is 12.4 Å². The van der Waals surface area contributed by atoms with Crippen molar-refractivity contribution in [1.82, 2.24) is 4.98 Å². The number of para-hydroxylation sites is 1. The Kier molecular flexibility index (Phi) is 5.68. The number of hydrogen-bond donors (Lipinski definition) is 1. The lowest BCUT2D eigenvalue weighted by Crippen LogP contribution is -2.24. The molecular formula is C14H14ClN3O2. The smallest absolute Gasteiger partial charge is 0.432 e. The van der Waals surface area contributed by atoms with E-state index in [0.717, 1.165) is 10.6 Å². The molecule has 0 bridgehead atoms. The van der Waals surface area contributed by atoms with Crippen molar-refractivity contribution >= 4 is 29.9 Å². The zero-order valence-corrected chi connectivity index (χ0v) is 11.6. The van der Waals surface area contributed by atoms with Crippen molar-refractivity contribution < 1.29 is 9.90 Å². The van der Waals surface area contributed by atoms with E-state index in [1.807, 2.05) is 6.07 Å². The molecular weight excluding hydrogens is 278 g/mol. The van der Waals surface area contributed by atoms with Crippen LogP contribution in [0.5, 0.6) is 0 Å². The molecule has 0 saturated heterocycles. The number of anilines is 1. The second-order valence-electron chi connectivity index (χ2n) is 3.85. The highest BCUT2D eigenvalue weighted by molar-refractivity contribution is 6.01. The lowest BCUT2D eigenvalue weighted by molar-refractivity contribution is 0.202. The minimum atomic E-state index is -1.13. The maximum atomic E-state index is 11.3. The number of amides is 1. The molecule has 104 valence electrons. The summed E-state index contributed by atoms with van der Waals surface area (Å²) in [7, 11) is 0. The second kappa shape index (κ2) is 7.25. The largest absolute Gasteiger partial charge is 0.463 e. The average Bonchev–Trinajstić information content (AvgIpc) is 2.46. The average molecular weight is 292 g/mol. The van der Waals surface area contributed by atoms with E-state index in [1.165, 1.54) is 0 Å². The van der Waals surface area contributed by atoms with Crippen molar-refractivity contribution in [2.75, 3.05) is 5.01 Å². The van der Waals surface area contributed by atoms with Gasteiger partial charge in [0.2, 0.25) is 0 Å². The molecule has 2 rings (SSSR count). The van der Waals surface area contributed by atoms with Crippen molar-refractivity contribution in [3.63, 3.8) is 0 Å². The van der Waals surface area contributed by atoms with Gasteiger partial charge in [-0.25, -0.2) is 4.79 Å². The molecule has 0 aliphatic heterocycles. The predicted molar refractivity (Wildman–Crippen MR) is 80.6 cm³/mol. The third kappa shape index (κ3) is 3.80. The first kappa shape index (κ1) is 15.7. The van der Waals surface area contributed by atoms with Crippen LogP contribution in [0.1, 0.15) is 12.5 Å². The van der Waals surface area contributed by atoms with Gasteiger partial charge >= 0.3 is 6.09 Å². The predicted octanol–water partition coefficient (Wildman–Crippen LogP) is 3.41. The second-order valence-corrected chi connectivity index (χ2v) is 3.85. The topological polar surface area (TPSA) is 65.8 Å². The first-order valence-electron chi connectivity index (χ1n) is 5.72. The lowest BCUT2D eigenvalue weighted by Gasteiger charge is -2.14. The zero-order valence-electron chi connectivity index (χ0n) is 10.8. The Morgan fingerprint density at radius 1 is 1.15 bits per heavy atom. The van der Waals surface area contributed by atoms with Crippen LogP contribution in [-0.2, 0) is 0 Å². The minimum absolute atomic E-state index is 0. The van der Waals surface area contributed by atoms with Gasteiger partial charge in [0.15, 0.2) is 0 Å². The molecule has 0 spiro atoms. The fraction of sp³-hybridized carbons (Fsp3) is 0.0714. The van der Waals surface area contributed by atoms with Gasteiger partial charge in [0, 0.05) is 18.0 Å². The number of hydrazone groups is 1. The first-order chi connectivity index (χ1) is 9.18. The standard InChI is InChI=1S/C14H13N3O2.ClH/c1-11(12-7-9-15-10-8-12)16-17(14(18)19)13-5-3-2-4-6-13;/h2-10H,1H3,(H,18,19);1H/b16-11+;. The number of halogens is 1.